The lowest BCUT2D eigenvalue weighted by Gasteiger charge is -2.15. The standard InChI is InChI=1S/C17H17N3S/c18-20-17(16-10-12-3-1-5-15(12)21-16)13-7-6-11-4-2-8-19-14(11)9-13/h2,4,6-10,17,20H,1,3,5,18H2. The molecule has 0 saturated heterocycles. The number of hydrogen-bond acceptors (Lipinski definition) is 4. The van der Waals surface area contributed by atoms with E-state index in [-0.39, 0.29) is 6.04 Å². The highest BCUT2D eigenvalue weighted by Crippen LogP contribution is 2.36. The SMILES string of the molecule is NNC(c1ccc2cccnc2c1)c1cc2c(s1)CCC2. The fourth-order valence-corrected chi connectivity index (χ4v) is 4.45. The maximum absolute atomic E-state index is 5.84. The second-order valence-electron chi connectivity index (χ2n) is 5.51. The number of nitrogens with one attached hydrogen (secondary N) is 1. The molecular formula is C17H17N3S. The molecule has 2 aromatic heterocycles. The van der Waals surface area contributed by atoms with Gasteiger partial charge in [0.05, 0.1) is 11.6 Å². The summed E-state index contributed by atoms with van der Waals surface area (Å²) < 4.78 is 0. The summed E-state index contributed by atoms with van der Waals surface area (Å²) in [4.78, 5) is 7.27. The Morgan fingerprint density at radius 2 is 2.14 bits per heavy atom. The van der Waals surface area contributed by atoms with Crippen molar-refractivity contribution in [1.82, 2.24) is 10.4 Å². The number of thiophene rings is 1. The number of nitrogens with two attached hydrogens (primary N) is 1. The lowest BCUT2D eigenvalue weighted by molar-refractivity contribution is 0.646. The molecule has 1 aliphatic rings. The van der Waals surface area contributed by atoms with Gasteiger partial charge >= 0.3 is 0 Å². The topological polar surface area (TPSA) is 50.9 Å². The van der Waals surface area contributed by atoms with Crippen molar-refractivity contribution in [2.75, 3.05) is 0 Å². The van der Waals surface area contributed by atoms with Crippen LogP contribution in [0.5, 0.6) is 0 Å². The first kappa shape index (κ1) is 13.0. The van der Waals surface area contributed by atoms with Crippen molar-refractivity contribution in [1.29, 1.82) is 0 Å². The third kappa shape index (κ3) is 2.25. The molecule has 3 nitrogen and oxygen atoms in total. The number of aryl methyl sites for hydroxylation is 2. The van der Waals surface area contributed by atoms with Gasteiger partial charge in [-0.15, -0.1) is 11.3 Å². The predicted octanol–water partition coefficient (Wildman–Crippen LogP) is 3.34. The average Bonchev–Trinajstić information content (AvgIpc) is 3.09. The van der Waals surface area contributed by atoms with E-state index in [1.165, 1.54) is 40.1 Å². The number of aromatic nitrogens is 1. The van der Waals surface area contributed by atoms with Gasteiger partial charge in [-0.1, -0.05) is 18.2 Å². The van der Waals surface area contributed by atoms with Gasteiger partial charge in [-0.2, -0.15) is 0 Å². The Morgan fingerprint density at radius 1 is 1.19 bits per heavy atom. The first-order valence-corrected chi connectivity index (χ1v) is 8.09. The van der Waals surface area contributed by atoms with E-state index in [1.807, 2.05) is 23.6 Å². The molecular weight excluding hydrogens is 278 g/mol. The fourth-order valence-electron chi connectivity index (χ4n) is 3.10. The van der Waals surface area contributed by atoms with Gasteiger partial charge in [0.25, 0.3) is 0 Å². The summed E-state index contributed by atoms with van der Waals surface area (Å²) in [6.45, 7) is 0. The average molecular weight is 295 g/mol. The van der Waals surface area contributed by atoms with Crippen molar-refractivity contribution < 1.29 is 0 Å². The molecule has 0 aliphatic heterocycles. The molecule has 1 aliphatic carbocycles. The zero-order valence-corrected chi connectivity index (χ0v) is 12.5. The van der Waals surface area contributed by atoms with Crippen molar-refractivity contribution in [3.8, 4) is 0 Å². The third-order valence-corrected chi connectivity index (χ3v) is 5.48. The number of nitrogens with zero attached hydrogens (tertiary/aromatic N) is 1. The van der Waals surface area contributed by atoms with Gasteiger partial charge in [-0.25, -0.2) is 5.43 Å². The molecule has 0 spiro atoms. The molecule has 0 fully saturated rings. The van der Waals surface area contributed by atoms with Gasteiger partial charge in [0.1, 0.15) is 0 Å². The molecule has 1 unspecified atom stereocenters. The van der Waals surface area contributed by atoms with E-state index in [0.717, 1.165) is 10.9 Å². The summed E-state index contributed by atoms with van der Waals surface area (Å²) in [5.41, 5.74) is 6.66. The fraction of sp³-hybridized carbons (Fsp3) is 0.235. The Labute approximate surface area is 127 Å². The van der Waals surface area contributed by atoms with Gasteiger partial charge in [-0.3, -0.25) is 10.8 Å². The Kier molecular flexibility index (Phi) is 3.22. The van der Waals surface area contributed by atoms with Crippen LogP contribution in [0.25, 0.3) is 10.9 Å². The zero-order chi connectivity index (χ0) is 14.2. The minimum Gasteiger partial charge on any atom is -0.271 e. The molecule has 4 rings (SSSR count). The number of benzene rings is 1. The Morgan fingerprint density at radius 3 is 3.00 bits per heavy atom. The first-order chi connectivity index (χ1) is 10.3. The van der Waals surface area contributed by atoms with Crippen molar-refractivity contribution in [3.05, 3.63) is 63.5 Å². The van der Waals surface area contributed by atoms with Crippen molar-refractivity contribution in [3.63, 3.8) is 0 Å². The van der Waals surface area contributed by atoms with Gasteiger partial charge in [0, 0.05) is 21.3 Å². The van der Waals surface area contributed by atoms with Crippen LogP contribution in [0.15, 0.2) is 42.6 Å². The number of pyridine rings is 1. The third-order valence-electron chi connectivity index (χ3n) is 4.18. The molecule has 0 radical (unpaired) electrons. The Hall–Kier alpha value is -1.75. The van der Waals surface area contributed by atoms with Crippen LogP contribution in [0.2, 0.25) is 0 Å². The minimum atomic E-state index is 0.0482. The van der Waals surface area contributed by atoms with Crippen LogP contribution >= 0.6 is 11.3 Å². The van der Waals surface area contributed by atoms with E-state index in [4.69, 9.17) is 5.84 Å². The summed E-state index contributed by atoms with van der Waals surface area (Å²) in [6.07, 6.45) is 5.55. The van der Waals surface area contributed by atoms with E-state index < -0.39 is 0 Å². The smallest absolute Gasteiger partial charge is 0.0803 e. The summed E-state index contributed by atoms with van der Waals surface area (Å²) in [7, 11) is 0. The van der Waals surface area contributed by atoms with Crippen LogP contribution in [-0.2, 0) is 12.8 Å². The lowest BCUT2D eigenvalue weighted by atomic mass is 10.0. The lowest BCUT2D eigenvalue weighted by Crippen LogP contribution is -2.28. The summed E-state index contributed by atoms with van der Waals surface area (Å²) in [5.74, 6) is 5.84. The van der Waals surface area contributed by atoms with Gasteiger partial charge in [0.2, 0.25) is 0 Å². The van der Waals surface area contributed by atoms with Crippen LogP contribution in [0.4, 0.5) is 0 Å². The van der Waals surface area contributed by atoms with E-state index in [1.54, 1.807) is 0 Å². The summed E-state index contributed by atoms with van der Waals surface area (Å²) in [6, 6.07) is 12.8. The number of hydrogen-bond donors (Lipinski definition) is 2. The van der Waals surface area contributed by atoms with Gasteiger partial charge in [-0.05, 0) is 48.6 Å². The molecule has 1 atom stereocenters. The largest absolute Gasteiger partial charge is 0.271 e. The summed E-state index contributed by atoms with van der Waals surface area (Å²) >= 11 is 1.89. The van der Waals surface area contributed by atoms with Crippen LogP contribution in [0.1, 0.15) is 33.3 Å². The molecule has 0 saturated carbocycles. The predicted molar refractivity (Wildman–Crippen MR) is 87.3 cm³/mol. The molecule has 3 N–H and O–H groups in total. The normalized spacial score (nSPS) is 15.3. The maximum atomic E-state index is 5.84. The maximum Gasteiger partial charge on any atom is 0.0803 e. The quantitative estimate of drug-likeness (QED) is 0.575. The van der Waals surface area contributed by atoms with Crippen molar-refractivity contribution >= 4 is 22.2 Å². The Bertz CT molecular complexity index is 772. The number of hydrazine groups is 1. The van der Waals surface area contributed by atoms with Crippen LogP contribution in [0, 0.1) is 0 Å². The minimum absolute atomic E-state index is 0.0482. The summed E-state index contributed by atoms with van der Waals surface area (Å²) in [5, 5.41) is 1.16. The molecule has 0 bridgehead atoms. The van der Waals surface area contributed by atoms with Gasteiger partial charge < -0.3 is 0 Å². The molecule has 3 aromatic rings. The van der Waals surface area contributed by atoms with Crippen LogP contribution < -0.4 is 11.3 Å². The molecule has 21 heavy (non-hydrogen) atoms. The van der Waals surface area contributed by atoms with E-state index in [9.17, 15) is 0 Å². The van der Waals surface area contributed by atoms with Gasteiger partial charge in [0.15, 0.2) is 0 Å². The molecule has 0 amide bonds. The highest BCUT2D eigenvalue weighted by Gasteiger charge is 2.20. The van der Waals surface area contributed by atoms with Crippen molar-refractivity contribution in [2.24, 2.45) is 5.84 Å². The zero-order valence-electron chi connectivity index (χ0n) is 11.7. The first-order valence-electron chi connectivity index (χ1n) is 7.27. The van der Waals surface area contributed by atoms with E-state index >= 15 is 0 Å². The molecule has 106 valence electrons. The molecule has 1 aromatic carbocycles. The Balaban J connectivity index is 1.76. The highest BCUT2D eigenvalue weighted by atomic mass is 32.1. The number of rotatable bonds is 3. The van der Waals surface area contributed by atoms with Crippen molar-refractivity contribution in [2.45, 2.75) is 25.3 Å². The van der Waals surface area contributed by atoms with Crippen LogP contribution in [0.3, 0.4) is 0 Å². The van der Waals surface area contributed by atoms with Crippen LogP contribution in [-0.4, -0.2) is 4.98 Å². The second-order valence-corrected chi connectivity index (χ2v) is 6.67. The second kappa shape index (κ2) is 5.22. The highest BCUT2D eigenvalue weighted by molar-refractivity contribution is 7.12. The number of fused-ring (bicyclic) bond motifs is 2. The van der Waals surface area contributed by atoms with E-state index in [0.29, 0.717) is 0 Å². The monoisotopic (exact) mass is 295 g/mol. The molecule has 2 heterocycles. The van der Waals surface area contributed by atoms with E-state index in [2.05, 4.69) is 40.7 Å². The molecule has 4 heteroatoms.